The monoisotopic (exact) mass is 298 g/mol. The molecule has 19 heavy (non-hydrogen) atoms. The average Bonchev–Trinajstić information content (AvgIpc) is 2.92. The molecule has 5 nitrogen and oxygen atoms in total. The number of halogens is 1. The van der Waals surface area contributed by atoms with Crippen LogP contribution in [0.15, 0.2) is 17.8 Å². The number of nitrogens with one attached hydrogen (secondary N) is 1. The summed E-state index contributed by atoms with van der Waals surface area (Å²) in [4.78, 5) is 4.17. The van der Waals surface area contributed by atoms with Crippen LogP contribution in [-0.4, -0.2) is 22.3 Å². The van der Waals surface area contributed by atoms with Gasteiger partial charge < -0.3 is 10.1 Å². The third-order valence-electron chi connectivity index (χ3n) is 2.77. The van der Waals surface area contributed by atoms with Crippen molar-refractivity contribution in [2.75, 3.05) is 7.11 Å². The van der Waals surface area contributed by atoms with E-state index in [1.54, 1.807) is 18.8 Å². The molecule has 0 aliphatic heterocycles. The molecule has 1 N–H and O–H groups in total. The highest BCUT2D eigenvalue weighted by Gasteiger charge is 2.15. The molecule has 2 rings (SSSR count). The van der Waals surface area contributed by atoms with Crippen LogP contribution in [0.3, 0.4) is 0 Å². The quantitative estimate of drug-likeness (QED) is 0.919. The summed E-state index contributed by atoms with van der Waals surface area (Å²) >= 11 is 7.61. The number of hydrogen-bond donors (Lipinski definition) is 1. The Morgan fingerprint density at radius 1 is 1.37 bits per heavy atom. The van der Waals surface area contributed by atoms with Crippen LogP contribution in [0.2, 0.25) is 5.02 Å². The first kappa shape index (κ1) is 14.2. The van der Waals surface area contributed by atoms with Gasteiger partial charge >= 0.3 is 0 Å². The van der Waals surface area contributed by atoms with Crippen molar-refractivity contribution in [2.45, 2.75) is 25.9 Å². The van der Waals surface area contributed by atoms with Crippen molar-refractivity contribution >= 4 is 22.9 Å². The normalized spacial score (nSPS) is 14.1. The molecule has 0 aliphatic rings. The first-order valence-corrected chi connectivity index (χ1v) is 7.09. The van der Waals surface area contributed by atoms with Crippen molar-refractivity contribution in [3.8, 4) is 5.88 Å². The second-order valence-corrected chi connectivity index (χ2v) is 5.42. The zero-order valence-electron chi connectivity index (χ0n) is 10.9. The Balaban J connectivity index is 2.07. The summed E-state index contributed by atoms with van der Waals surface area (Å²) in [5, 5.41) is 12.8. The molecule has 0 bridgehead atoms. The molecule has 0 saturated carbocycles. The highest BCUT2D eigenvalue weighted by Crippen LogP contribution is 2.26. The highest BCUT2D eigenvalue weighted by molar-refractivity contribution is 7.09. The molecule has 2 heterocycles. The third-order valence-corrected chi connectivity index (χ3v) is 3.92. The van der Waals surface area contributed by atoms with Crippen LogP contribution < -0.4 is 10.1 Å². The summed E-state index contributed by atoms with van der Waals surface area (Å²) in [6.07, 6.45) is 1.76. The zero-order chi connectivity index (χ0) is 13.8. The van der Waals surface area contributed by atoms with E-state index < -0.39 is 0 Å². The van der Waals surface area contributed by atoms with E-state index in [1.807, 2.05) is 6.07 Å². The van der Waals surface area contributed by atoms with E-state index in [1.165, 1.54) is 11.3 Å². The molecule has 0 saturated heterocycles. The van der Waals surface area contributed by atoms with Gasteiger partial charge in [-0.1, -0.05) is 11.6 Å². The molecular formula is C12H15ClN4OS. The molecule has 0 aromatic carbocycles. The number of hydrogen-bond acceptors (Lipinski definition) is 6. The van der Waals surface area contributed by atoms with E-state index in [0.29, 0.717) is 10.9 Å². The van der Waals surface area contributed by atoms with E-state index in [4.69, 9.17) is 16.3 Å². The van der Waals surface area contributed by atoms with E-state index in [-0.39, 0.29) is 12.1 Å². The fraction of sp³-hybridized carbons (Fsp3) is 0.417. The standard InChI is InChI=1S/C12H15ClN4OS/c1-7(16-8(2)12-17-15-6-19-12)9-4-10(13)11(18-3)14-5-9/h4-8,16H,1-3H3. The van der Waals surface area contributed by atoms with Gasteiger partial charge in [-0.05, 0) is 25.5 Å². The third kappa shape index (κ3) is 3.40. The molecule has 0 fully saturated rings. The lowest BCUT2D eigenvalue weighted by Crippen LogP contribution is -2.22. The van der Waals surface area contributed by atoms with Gasteiger partial charge in [0.05, 0.1) is 13.2 Å². The predicted molar refractivity (Wildman–Crippen MR) is 75.7 cm³/mol. The lowest BCUT2D eigenvalue weighted by molar-refractivity contribution is 0.397. The van der Waals surface area contributed by atoms with Crippen LogP contribution in [0.5, 0.6) is 5.88 Å². The summed E-state index contributed by atoms with van der Waals surface area (Å²) in [5.41, 5.74) is 2.73. The van der Waals surface area contributed by atoms with Crippen molar-refractivity contribution < 1.29 is 4.74 Å². The van der Waals surface area contributed by atoms with E-state index in [9.17, 15) is 0 Å². The number of pyridine rings is 1. The molecule has 0 aliphatic carbocycles. The van der Waals surface area contributed by atoms with Gasteiger partial charge in [0.1, 0.15) is 15.5 Å². The van der Waals surface area contributed by atoms with E-state index in [0.717, 1.165) is 10.6 Å². The first-order valence-electron chi connectivity index (χ1n) is 5.83. The molecule has 2 aromatic rings. The summed E-state index contributed by atoms with van der Waals surface area (Å²) in [5.74, 6) is 0.440. The van der Waals surface area contributed by atoms with Crippen LogP contribution in [0.25, 0.3) is 0 Å². The topological polar surface area (TPSA) is 59.9 Å². The van der Waals surface area contributed by atoms with Gasteiger partial charge in [0.15, 0.2) is 0 Å². The SMILES string of the molecule is COc1ncc(C(C)NC(C)c2nncs2)cc1Cl. The van der Waals surface area contributed by atoms with Gasteiger partial charge in [0.2, 0.25) is 5.88 Å². The van der Waals surface area contributed by atoms with Crippen molar-refractivity contribution in [3.63, 3.8) is 0 Å². The molecule has 0 spiro atoms. The Bertz CT molecular complexity index is 535. The van der Waals surface area contributed by atoms with Crippen LogP contribution in [0.1, 0.15) is 36.5 Å². The lowest BCUT2D eigenvalue weighted by atomic mass is 10.1. The molecule has 2 atom stereocenters. The van der Waals surface area contributed by atoms with Gasteiger partial charge in [-0.15, -0.1) is 21.5 Å². The maximum atomic E-state index is 6.07. The van der Waals surface area contributed by atoms with E-state index in [2.05, 4.69) is 34.3 Å². The molecule has 2 unspecified atom stereocenters. The highest BCUT2D eigenvalue weighted by atomic mass is 35.5. The second-order valence-electron chi connectivity index (χ2n) is 4.15. The summed E-state index contributed by atoms with van der Waals surface area (Å²) < 4.78 is 5.04. The Labute approximate surface area is 121 Å². The largest absolute Gasteiger partial charge is 0.480 e. The predicted octanol–water partition coefficient (Wildman–Crippen LogP) is 3.01. The lowest BCUT2D eigenvalue weighted by Gasteiger charge is -2.18. The minimum Gasteiger partial charge on any atom is -0.480 e. The molecule has 7 heteroatoms. The average molecular weight is 299 g/mol. The summed E-state index contributed by atoms with van der Waals surface area (Å²) in [6, 6.07) is 2.09. The van der Waals surface area contributed by atoms with E-state index >= 15 is 0 Å². The number of nitrogens with zero attached hydrogens (tertiary/aromatic N) is 3. The Morgan fingerprint density at radius 2 is 2.16 bits per heavy atom. The Hall–Kier alpha value is -1.24. The van der Waals surface area contributed by atoms with Crippen molar-refractivity contribution in [1.29, 1.82) is 0 Å². The zero-order valence-corrected chi connectivity index (χ0v) is 12.5. The van der Waals surface area contributed by atoms with Crippen LogP contribution in [0.4, 0.5) is 0 Å². The smallest absolute Gasteiger partial charge is 0.232 e. The van der Waals surface area contributed by atoms with Crippen LogP contribution in [-0.2, 0) is 0 Å². The van der Waals surface area contributed by atoms with Crippen LogP contribution >= 0.6 is 22.9 Å². The molecule has 0 amide bonds. The first-order chi connectivity index (χ1) is 9.11. The second kappa shape index (κ2) is 6.27. The number of aromatic nitrogens is 3. The van der Waals surface area contributed by atoms with Crippen molar-refractivity contribution in [1.82, 2.24) is 20.5 Å². The number of rotatable bonds is 5. The van der Waals surface area contributed by atoms with Crippen molar-refractivity contribution in [2.24, 2.45) is 0 Å². The maximum Gasteiger partial charge on any atom is 0.232 e. The molecule has 102 valence electrons. The molecular weight excluding hydrogens is 284 g/mol. The molecule has 2 aromatic heterocycles. The summed E-state index contributed by atoms with van der Waals surface area (Å²) in [7, 11) is 1.55. The Kier molecular flexibility index (Phi) is 4.68. The fourth-order valence-corrected chi connectivity index (χ4v) is 2.56. The minimum absolute atomic E-state index is 0.106. The molecule has 0 radical (unpaired) electrons. The minimum atomic E-state index is 0.106. The van der Waals surface area contributed by atoms with Gasteiger partial charge in [0, 0.05) is 12.2 Å². The van der Waals surface area contributed by atoms with Gasteiger partial charge in [-0.25, -0.2) is 4.98 Å². The fourth-order valence-electron chi connectivity index (χ4n) is 1.74. The Morgan fingerprint density at radius 3 is 2.74 bits per heavy atom. The van der Waals surface area contributed by atoms with Crippen LogP contribution in [0, 0.1) is 0 Å². The van der Waals surface area contributed by atoms with Gasteiger partial charge in [-0.3, -0.25) is 0 Å². The maximum absolute atomic E-state index is 6.07. The number of ether oxygens (including phenoxy) is 1. The number of methoxy groups -OCH3 is 1. The van der Waals surface area contributed by atoms with Gasteiger partial charge in [-0.2, -0.15) is 0 Å². The summed E-state index contributed by atoms with van der Waals surface area (Å²) in [6.45, 7) is 4.10. The van der Waals surface area contributed by atoms with Crippen molar-refractivity contribution in [3.05, 3.63) is 33.4 Å². The van der Waals surface area contributed by atoms with Gasteiger partial charge in [0.25, 0.3) is 0 Å².